The Morgan fingerprint density at radius 2 is 2.31 bits per heavy atom. The Kier molecular flexibility index (Phi) is 3.78. The van der Waals surface area contributed by atoms with E-state index in [0.29, 0.717) is 0 Å². The van der Waals surface area contributed by atoms with Gasteiger partial charge in [0.15, 0.2) is 0 Å². The van der Waals surface area contributed by atoms with Gasteiger partial charge in [0.05, 0.1) is 7.11 Å². The van der Waals surface area contributed by atoms with Gasteiger partial charge in [0.1, 0.15) is 0 Å². The first kappa shape index (κ1) is 10.1. The molecule has 0 aromatic heterocycles. The third-order valence-corrected chi connectivity index (χ3v) is 2.28. The molecule has 0 unspecified atom stereocenters. The van der Waals surface area contributed by atoms with Crippen LogP contribution in [0.4, 0.5) is 0 Å². The van der Waals surface area contributed by atoms with Gasteiger partial charge in [-0.05, 0) is 19.3 Å². The van der Waals surface area contributed by atoms with E-state index in [1.54, 1.807) is 0 Å². The predicted octanol–water partition coefficient (Wildman–Crippen LogP) is 0.680. The quantitative estimate of drug-likeness (QED) is 0.339. The monoisotopic (exact) mass is 181 g/mol. The van der Waals surface area contributed by atoms with Gasteiger partial charge >= 0.3 is 5.97 Å². The fourth-order valence-corrected chi connectivity index (χ4v) is 1.57. The second-order valence-corrected chi connectivity index (χ2v) is 3.38. The van der Waals surface area contributed by atoms with E-state index in [1.807, 2.05) is 0 Å². The van der Waals surface area contributed by atoms with Gasteiger partial charge in [0.2, 0.25) is 0 Å². The van der Waals surface area contributed by atoms with Gasteiger partial charge in [-0.2, -0.15) is 0 Å². The minimum Gasteiger partial charge on any atom is -0.459 e. The molecule has 0 spiro atoms. The molecule has 3 nitrogen and oxygen atoms in total. The van der Waals surface area contributed by atoms with Crippen LogP contribution < -0.4 is 5.73 Å². The van der Waals surface area contributed by atoms with Gasteiger partial charge in [-0.25, -0.2) is 4.79 Å². The smallest absolute Gasteiger partial charge is 0.384 e. The number of esters is 1. The van der Waals surface area contributed by atoms with Crippen molar-refractivity contribution >= 4 is 5.97 Å². The highest BCUT2D eigenvalue weighted by Crippen LogP contribution is 2.21. The molecule has 0 bridgehead atoms. The van der Waals surface area contributed by atoms with Crippen LogP contribution in [0, 0.1) is 17.8 Å². The van der Waals surface area contributed by atoms with Crippen LogP contribution in [0.15, 0.2) is 0 Å². The standard InChI is InChI=1S/C10H15NO2/c1-13-10(12)6-5-8-3-2-4-9(11)7-8/h8-9H,2-4,7,11H2,1H3/t8-,9-/m0/s1. The van der Waals surface area contributed by atoms with Gasteiger partial charge in [-0.15, -0.1) is 0 Å². The van der Waals surface area contributed by atoms with E-state index >= 15 is 0 Å². The summed E-state index contributed by atoms with van der Waals surface area (Å²) in [6.07, 6.45) is 4.15. The minimum atomic E-state index is -0.459. The zero-order valence-electron chi connectivity index (χ0n) is 7.88. The number of hydrogen-bond donors (Lipinski definition) is 1. The first-order chi connectivity index (χ1) is 6.22. The summed E-state index contributed by atoms with van der Waals surface area (Å²) >= 11 is 0. The Bertz CT molecular complexity index is 239. The molecule has 72 valence electrons. The second-order valence-electron chi connectivity index (χ2n) is 3.38. The summed E-state index contributed by atoms with van der Waals surface area (Å²) in [6, 6.07) is 0.255. The number of ether oxygens (including phenoxy) is 1. The van der Waals surface area contributed by atoms with Crippen LogP contribution in [0.5, 0.6) is 0 Å². The van der Waals surface area contributed by atoms with E-state index in [-0.39, 0.29) is 12.0 Å². The van der Waals surface area contributed by atoms with Gasteiger partial charge in [0.25, 0.3) is 0 Å². The molecule has 0 heterocycles. The van der Waals surface area contributed by atoms with Crippen molar-refractivity contribution in [3.63, 3.8) is 0 Å². The Morgan fingerprint density at radius 1 is 1.54 bits per heavy atom. The molecule has 0 amide bonds. The number of methoxy groups -OCH3 is 1. The van der Waals surface area contributed by atoms with Crippen molar-refractivity contribution in [3.05, 3.63) is 0 Å². The van der Waals surface area contributed by atoms with Crippen molar-refractivity contribution in [2.45, 2.75) is 31.7 Å². The zero-order valence-corrected chi connectivity index (χ0v) is 7.88. The zero-order chi connectivity index (χ0) is 9.68. The molecular formula is C10H15NO2. The normalized spacial score (nSPS) is 27.2. The summed E-state index contributed by atoms with van der Waals surface area (Å²) in [5.41, 5.74) is 5.78. The molecule has 0 saturated heterocycles. The maximum atomic E-state index is 10.7. The van der Waals surface area contributed by atoms with Gasteiger partial charge in [0, 0.05) is 17.9 Å². The number of carbonyl (C=O) groups excluding carboxylic acids is 1. The Hall–Kier alpha value is -1.01. The summed E-state index contributed by atoms with van der Waals surface area (Å²) in [5, 5.41) is 0. The summed E-state index contributed by atoms with van der Waals surface area (Å²) in [5.74, 6) is 5.18. The number of nitrogens with two attached hydrogens (primary N) is 1. The first-order valence-corrected chi connectivity index (χ1v) is 4.57. The molecule has 0 radical (unpaired) electrons. The van der Waals surface area contributed by atoms with E-state index in [0.717, 1.165) is 25.7 Å². The highest BCUT2D eigenvalue weighted by molar-refractivity contribution is 5.88. The molecule has 1 rings (SSSR count). The second kappa shape index (κ2) is 4.88. The highest BCUT2D eigenvalue weighted by Gasteiger charge is 2.17. The molecular weight excluding hydrogens is 166 g/mol. The average Bonchev–Trinajstić information content (AvgIpc) is 2.14. The minimum absolute atomic E-state index is 0.255. The van der Waals surface area contributed by atoms with E-state index in [9.17, 15) is 4.79 Å². The van der Waals surface area contributed by atoms with Crippen molar-refractivity contribution < 1.29 is 9.53 Å². The lowest BCUT2D eigenvalue weighted by Gasteiger charge is -2.22. The molecule has 2 N–H and O–H groups in total. The van der Waals surface area contributed by atoms with Crippen molar-refractivity contribution in [2.75, 3.05) is 7.11 Å². The number of rotatable bonds is 0. The summed E-state index contributed by atoms with van der Waals surface area (Å²) < 4.78 is 4.42. The van der Waals surface area contributed by atoms with Crippen LogP contribution in [0.2, 0.25) is 0 Å². The molecule has 3 heteroatoms. The summed E-state index contributed by atoms with van der Waals surface area (Å²) in [6.45, 7) is 0. The number of hydrogen-bond acceptors (Lipinski definition) is 3. The van der Waals surface area contributed by atoms with Gasteiger partial charge in [-0.1, -0.05) is 12.3 Å². The molecule has 1 aliphatic carbocycles. The third-order valence-electron chi connectivity index (χ3n) is 2.28. The van der Waals surface area contributed by atoms with Crippen LogP contribution in [0.25, 0.3) is 0 Å². The SMILES string of the molecule is COC(=O)C#C[C@@H]1CCC[C@H](N)C1. The first-order valence-electron chi connectivity index (χ1n) is 4.57. The van der Waals surface area contributed by atoms with Crippen molar-refractivity contribution in [2.24, 2.45) is 11.7 Å². The van der Waals surface area contributed by atoms with Crippen molar-refractivity contribution in [1.29, 1.82) is 0 Å². The Labute approximate surface area is 78.6 Å². The molecule has 1 saturated carbocycles. The lowest BCUT2D eigenvalue weighted by molar-refractivity contribution is -0.133. The summed E-state index contributed by atoms with van der Waals surface area (Å²) in [7, 11) is 1.34. The molecule has 0 aromatic rings. The fraction of sp³-hybridized carbons (Fsp3) is 0.700. The lowest BCUT2D eigenvalue weighted by atomic mass is 9.87. The summed E-state index contributed by atoms with van der Waals surface area (Å²) in [4.78, 5) is 10.7. The predicted molar refractivity (Wildman–Crippen MR) is 49.7 cm³/mol. The van der Waals surface area contributed by atoms with Crippen molar-refractivity contribution in [1.82, 2.24) is 0 Å². The molecule has 1 fully saturated rings. The largest absolute Gasteiger partial charge is 0.459 e. The van der Waals surface area contributed by atoms with Gasteiger partial charge in [-0.3, -0.25) is 0 Å². The Balaban J connectivity index is 2.42. The van der Waals surface area contributed by atoms with E-state index in [4.69, 9.17) is 5.73 Å². The van der Waals surface area contributed by atoms with E-state index in [2.05, 4.69) is 16.6 Å². The molecule has 0 aromatic carbocycles. The third kappa shape index (κ3) is 3.47. The van der Waals surface area contributed by atoms with Crippen LogP contribution in [0.1, 0.15) is 25.7 Å². The molecule has 2 atom stereocenters. The topological polar surface area (TPSA) is 52.3 Å². The van der Waals surface area contributed by atoms with E-state index in [1.165, 1.54) is 7.11 Å². The van der Waals surface area contributed by atoms with Crippen LogP contribution >= 0.6 is 0 Å². The maximum Gasteiger partial charge on any atom is 0.384 e. The van der Waals surface area contributed by atoms with Crippen molar-refractivity contribution in [3.8, 4) is 11.8 Å². The molecule has 0 aliphatic heterocycles. The Morgan fingerprint density at radius 3 is 2.92 bits per heavy atom. The van der Waals surface area contributed by atoms with Crippen LogP contribution in [-0.2, 0) is 9.53 Å². The van der Waals surface area contributed by atoms with Crippen LogP contribution in [-0.4, -0.2) is 19.1 Å². The number of carbonyl (C=O) groups is 1. The maximum absolute atomic E-state index is 10.7. The fourth-order valence-electron chi connectivity index (χ4n) is 1.57. The average molecular weight is 181 g/mol. The highest BCUT2D eigenvalue weighted by atomic mass is 16.5. The van der Waals surface area contributed by atoms with E-state index < -0.39 is 5.97 Å². The van der Waals surface area contributed by atoms with Gasteiger partial charge < -0.3 is 10.5 Å². The molecule has 1 aliphatic rings. The molecule has 13 heavy (non-hydrogen) atoms. The lowest BCUT2D eigenvalue weighted by Crippen LogP contribution is -2.27. The van der Waals surface area contributed by atoms with Crippen LogP contribution in [0.3, 0.4) is 0 Å².